The summed E-state index contributed by atoms with van der Waals surface area (Å²) in [6, 6.07) is -0.156. The van der Waals surface area contributed by atoms with E-state index in [0.29, 0.717) is 17.8 Å². The van der Waals surface area contributed by atoms with Crippen LogP contribution in [-0.4, -0.2) is 43.8 Å². The van der Waals surface area contributed by atoms with E-state index in [0.717, 1.165) is 0 Å². The van der Waals surface area contributed by atoms with Gasteiger partial charge in [-0.05, 0) is 27.7 Å². The number of epoxide rings is 1. The van der Waals surface area contributed by atoms with Crippen LogP contribution in [0.5, 0.6) is 0 Å². The molecule has 3 rings (SSSR count). The topological polar surface area (TPSA) is 134 Å². The highest BCUT2D eigenvalue weighted by Crippen LogP contribution is 2.31. The van der Waals surface area contributed by atoms with Gasteiger partial charge in [0.25, 0.3) is 0 Å². The number of ether oxygens (including phenoxy) is 2. The van der Waals surface area contributed by atoms with Crippen LogP contribution >= 0.6 is 0 Å². The van der Waals surface area contributed by atoms with Gasteiger partial charge < -0.3 is 20.9 Å². The summed E-state index contributed by atoms with van der Waals surface area (Å²) >= 11 is 0. The zero-order valence-electron chi connectivity index (χ0n) is 13.5. The van der Waals surface area contributed by atoms with Gasteiger partial charge in [0.1, 0.15) is 11.7 Å². The number of hydrogen-bond acceptors (Lipinski definition) is 8. The molecule has 0 aromatic carbocycles. The Morgan fingerprint density at radius 2 is 2.00 bits per heavy atom. The number of nitrogens with zero attached hydrogens (tertiary/aromatic N) is 4. The highest BCUT2D eigenvalue weighted by molar-refractivity contribution is 5.93. The van der Waals surface area contributed by atoms with Crippen molar-refractivity contribution in [1.82, 2.24) is 19.5 Å². The molecule has 0 aliphatic carbocycles. The molecular weight excluding hydrogens is 300 g/mol. The molecule has 124 valence electrons. The normalized spacial score (nSPS) is 18.9. The first kappa shape index (κ1) is 15.5. The molecule has 3 heterocycles. The molecule has 1 aliphatic heterocycles. The number of esters is 1. The predicted molar refractivity (Wildman–Crippen MR) is 83.8 cm³/mol. The van der Waals surface area contributed by atoms with Crippen molar-refractivity contribution in [3.63, 3.8) is 0 Å². The lowest BCUT2D eigenvalue weighted by Gasteiger charge is -2.20. The Bertz CT molecular complexity index is 775. The Kier molecular flexibility index (Phi) is 3.40. The van der Waals surface area contributed by atoms with E-state index >= 15 is 0 Å². The third-order valence-electron chi connectivity index (χ3n) is 3.47. The summed E-state index contributed by atoms with van der Waals surface area (Å²) in [5, 5.41) is 0. The van der Waals surface area contributed by atoms with E-state index < -0.39 is 11.6 Å². The number of carbonyl (C=O) groups excluding carboxylic acids is 1. The minimum atomic E-state index is -0.643. The maximum atomic E-state index is 12.5. The van der Waals surface area contributed by atoms with Gasteiger partial charge in [-0.3, -0.25) is 4.57 Å². The summed E-state index contributed by atoms with van der Waals surface area (Å²) in [4.78, 5) is 24.9. The van der Waals surface area contributed by atoms with E-state index in [1.165, 1.54) is 0 Å². The van der Waals surface area contributed by atoms with Crippen molar-refractivity contribution < 1.29 is 14.3 Å². The average Bonchev–Trinajstić information content (AvgIpc) is 3.17. The second-order valence-electron chi connectivity index (χ2n) is 6.56. The molecule has 2 atom stereocenters. The molecular formula is C14H20N6O3. The Morgan fingerprint density at radius 3 is 2.57 bits per heavy atom. The van der Waals surface area contributed by atoms with Crippen molar-refractivity contribution >= 4 is 28.9 Å². The van der Waals surface area contributed by atoms with Gasteiger partial charge in [0.05, 0.1) is 12.6 Å². The molecule has 0 saturated carbocycles. The Hall–Kier alpha value is -2.42. The smallest absolute Gasteiger partial charge is 0.375 e. The molecule has 1 aliphatic rings. The van der Waals surface area contributed by atoms with Crippen LogP contribution in [0.3, 0.4) is 0 Å². The van der Waals surface area contributed by atoms with Crippen molar-refractivity contribution in [2.45, 2.75) is 45.4 Å². The largest absolute Gasteiger partial charge is 0.454 e. The van der Waals surface area contributed by atoms with Crippen LogP contribution in [0.1, 0.15) is 44.4 Å². The van der Waals surface area contributed by atoms with Gasteiger partial charge in [0.15, 0.2) is 17.0 Å². The lowest BCUT2D eigenvalue weighted by atomic mass is 10.2. The van der Waals surface area contributed by atoms with Crippen LogP contribution in [0.15, 0.2) is 0 Å². The van der Waals surface area contributed by atoms with Crippen molar-refractivity contribution in [1.29, 1.82) is 0 Å². The summed E-state index contributed by atoms with van der Waals surface area (Å²) in [6.45, 7) is 7.90. The fraction of sp³-hybridized carbons (Fsp3) is 0.571. The maximum Gasteiger partial charge on any atom is 0.375 e. The second kappa shape index (κ2) is 5.05. The van der Waals surface area contributed by atoms with E-state index in [4.69, 9.17) is 20.9 Å². The van der Waals surface area contributed by atoms with Crippen LogP contribution in [0.4, 0.5) is 11.8 Å². The van der Waals surface area contributed by atoms with E-state index in [2.05, 4.69) is 15.0 Å². The third kappa shape index (κ3) is 2.91. The van der Waals surface area contributed by atoms with Crippen molar-refractivity contribution in [2.75, 3.05) is 18.1 Å². The molecule has 23 heavy (non-hydrogen) atoms. The molecule has 0 spiro atoms. The first-order valence-corrected chi connectivity index (χ1v) is 7.33. The SMILES string of the molecule is CC([C@H]1CO1)n1c(C(=O)OC(C)(C)C)nc2c(N)nc(N)nc21. The molecule has 9 nitrogen and oxygen atoms in total. The molecule has 1 fully saturated rings. The molecule has 2 aromatic rings. The standard InChI is InChI=1S/C14H20N6O3/c1-6(7-5-22-7)20-10-8(9(15)18-13(16)19-10)17-11(20)12(21)23-14(2,3)4/h6-7H,5H2,1-4H3,(H4,15,16,18,19)/t6?,7-/m1/s1. The Balaban J connectivity index is 2.17. The average molecular weight is 320 g/mol. The number of rotatable bonds is 3. The quantitative estimate of drug-likeness (QED) is 0.629. The number of aromatic nitrogens is 4. The molecule has 0 bridgehead atoms. The minimum Gasteiger partial charge on any atom is -0.454 e. The second-order valence-corrected chi connectivity index (χ2v) is 6.56. The van der Waals surface area contributed by atoms with E-state index in [-0.39, 0.29) is 29.7 Å². The van der Waals surface area contributed by atoms with Crippen molar-refractivity contribution in [3.8, 4) is 0 Å². The van der Waals surface area contributed by atoms with Gasteiger partial charge in [-0.1, -0.05) is 0 Å². The van der Waals surface area contributed by atoms with Gasteiger partial charge in [-0.15, -0.1) is 0 Å². The summed E-state index contributed by atoms with van der Waals surface area (Å²) < 4.78 is 12.4. The first-order chi connectivity index (χ1) is 10.7. The summed E-state index contributed by atoms with van der Waals surface area (Å²) in [6.07, 6.45) is -0.00833. The summed E-state index contributed by atoms with van der Waals surface area (Å²) in [5.74, 6) is -0.290. The van der Waals surface area contributed by atoms with E-state index in [9.17, 15) is 4.79 Å². The number of imidazole rings is 1. The fourth-order valence-corrected chi connectivity index (χ4v) is 2.37. The molecule has 1 saturated heterocycles. The van der Waals surface area contributed by atoms with E-state index in [1.54, 1.807) is 25.3 Å². The Morgan fingerprint density at radius 1 is 1.35 bits per heavy atom. The zero-order chi connectivity index (χ0) is 16.9. The molecule has 0 amide bonds. The lowest BCUT2D eigenvalue weighted by molar-refractivity contribution is 0.00487. The number of anilines is 2. The molecule has 0 radical (unpaired) electrons. The first-order valence-electron chi connectivity index (χ1n) is 7.33. The number of nitrogen functional groups attached to an aromatic ring is 2. The number of hydrogen-bond donors (Lipinski definition) is 2. The molecule has 1 unspecified atom stereocenters. The summed E-state index contributed by atoms with van der Waals surface area (Å²) in [7, 11) is 0. The van der Waals surface area contributed by atoms with Crippen LogP contribution in [0.2, 0.25) is 0 Å². The molecule has 4 N–H and O–H groups in total. The van der Waals surface area contributed by atoms with Crippen LogP contribution in [0.25, 0.3) is 11.2 Å². The predicted octanol–water partition coefficient (Wildman–Crippen LogP) is 0.906. The van der Waals surface area contributed by atoms with Gasteiger partial charge in [-0.25, -0.2) is 9.78 Å². The van der Waals surface area contributed by atoms with Crippen LogP contribution in [-0.2, 0) is 9.47 Å². The maximum absolute atomic E-state index is 12.5. The van der Waals surface area contributed by atoms with Crippen LogP contribution in [0, 0.1) is 0 Å². The molecule has 9 heteroatoms. The van der Waals surface area contributed by atoms with Crippen molar-refractivity contribution in [3.05, 3.63) is 5.82 Å². The van der Waals surface area contributed by atoms with Crippen molar-refractivity contribution in [2.24, 2.45) is 0 Å². The van der Waals surface area contributed by atoms with Gasteiger partial charge in [0.2, 0.25) is 11.8 Å². The minimum absolute atomic E-state index is 0.00833. The van der Waals surface area contributed by atoms with Crippen LogP contribution < -0.4 is 11.5 Å². The third-order valence-corrected chi connectivity index (χ3v) is 3.47. The lowest BCUT2D eigenvalue weighted by Crippen LogP contribution is -2.27. The highest BCUT2D eigenvalue weighted by atomic mass is 16.6. The number of nitrogens with two attached hydrogens (primary N) is 2. The highest BCUT2D eigenvalue weighted by Gasteiger charge is 2.36. The number of fused-ring (bicyclic) bond motifs is 1. The monoisotopic (exact) mass is 320 g/mol. The zero-order valence-corrected chi connectivity index (χ0v) is 13.5. The van der Waals surface area contributed by atoms with Gasteiger partial charge in [0, 0.05) is 0 Å². The van der Waals surface area contributed by atoms with Gasteiger partial charge in [-0.2, -0.15) is 9.97 Å². The fourth-order valence-electron chi connectivity index (χ4n) is 2.37. The van der Waals surface area contributed by atoms with E-state index in [1.807, 2.05) is 6.92 Å². The number of carbonyl (C=O) groups is 1. The summed E-state index contributed by atoms with van der Waals surface area (Å²) in [5.41, 5.74) is 11.6. The van der Waals surface area contributed by atoms with Gasteiger partial charge >= 0.3 is 5.97 Å². The Labute approximate surface area is 133 Å². The molecule has 2 aromatic heterocycles.